The van der Waals surface area contributed by atoms with E-state index in [0.717, 1.165) is 11.3 Å². The van der Waals surface area contributed by atoms with E-state index < -0.39 is 23.9 Å². The SMILES string of the molecule is O=C(O)C(F)(F)F.O=C(O)c1ccc(F)c(CNCc2ccc(C3CCC3)nc2)c1. The number of carboxylic acids is 2. The molecule has 1 aliphatic rings. The second kappa shape index (κ2) is 10.1. The molecule has 0 saturated heterocycles. The smallest absolute Gasteiger partial charge is 0.478 e. The van der Waals surface area contributed by atoms with E-state index in [4.69, 9.17) is 15.0 Å². The first kappa shape index (κ1) is 23.3. The van der Waals surface area contributed by atoms with Crippen LogP contribution in [0.25, 0.3) is 0 Å². The molecule has 0 radical (unpaired) electrons. The fourth-order valence-electron chi connectivity index (χ4n) is 2.67. The van der Waals surface area contributed by atoms with Crippen LogP contribution in [0.2, 0.25) is 0 Å². The van der Waals surface area contributed by atoms with Gasteiger partial charge in [0.05, 0.1) is 5.56 Å². The van der Waals surface area contributed by atoms with Crippen LogP contribution in [0.5, 0.6) is 0 Å². The molecule has 2 aromatic rings. The second-order valence-electron chi connectivity index (χ2n) is 6.74. The van der Waals surface area contributed by atoms with Crippen molar-refractivity contribution in [2.45, 2.75) is 44.4 Å². The molecule has 1 aliphatic carbocycles. The molecule has 0 atom stereocenters. The van der Waals surface area contributed by atoms with Gasteiger partial charge < -0.3 is 15.5 Å². The highest BCUT2D eigenvalue weighted by atomic mass is 19.4. The summed E-state index contributed by atoms with van der Waals surface area (Å²) in [6, 6.07) is 7.92. The molecular weight excluding hydrogens is 408 g/mol. The first-order chi connectivity index (χ1) is 14.1. The number of carbonyl (C=O) groups is 2. The summed E-state index contributed by atoms with van der Waals surface area (Å²) in [6.45, 7) is 0.839. The fourth-order valence-corrected chi connectivity index (χ4v) is 2.67. The molecule has 30 heavy (non-hydrogen) atoms. The normalized spacial score (nSPS) is 13.7. The summed E-state index contributed by atoms with van der Waals surface area (Å²) in [7, 11) is 0. The van der Waals surface area contributed by atoms with Gasteiger partial charge in [0, 0.05) is 36.5 Å². The number of aliphatic carboxylic acids is 1. The van der Waals surface area contributed by atoms with Gasteiger partial charge in [0.1, 0.15) is 5.82 Å². The van der Waals surface area contributed by atoms with Crippen molar-refractivity contribution in [1.82, 2.24) is 10.3 Å². The molecule has 6 nitrogen and oxygen atoms in total. The van der Waals surface area contributed by atoms with E-state index in [1.54, 1.807) is 0 Å². The van der Waals surface area contributed by atoms with Crippen molar-refractivity contribution < 1.29 is 37.4 Å². The number of nitrogens with one attached hydrogen (secondary N) is 1. The van der Waals surface area contributed by atoms with Crippen molar-refractivity contribution >= 4 is 11.9 Å². The van der Waals surface area contributed by atoms with Crippen molar-refractivity contribution in [3.63, 3.8) is 0 Å². The van der Waals surface area contributed by atoms with E-state index in [2.05, 4.69) is 16.4 Å². The molecule has 0 aliphatic heterocycles. The Labute approximate surface area is 169 Å². The lowest BCUT2D eigenvalue weighted by molar-refractivity contribution is -0.192. The quantitative estimate of drug-likeness (QED) is 0.599. The number of hydrogen-bond acceptors (Lipinski definition) is 4. The van der Waals surface area contributed by atoms with Crippen LogP contribution in [-0.4, -0.2) is 33.3 Å². The molecule has 10 heteroatoms. The van der Waals surface area contributed by atoms with Crippen molar-refractivity contribution in [1.29, 1.82) is 0 Å². The van der Waals surface area contributed by atoms with Gasteiger partial charge in [-0.05, 0) is 42.7 Å². The zero-order valence-corrected chi connectivity index (χ0v) is 15.7. The lowest BCUT2D eigenvalue weighted by atomic mass is 9.82. The maximum atomic E-state index is 13.7. The third-order valence-corrected chi connectivity index (χ3v) is 4.55. The van der Waals surface area contributed by atoms with Gasteiger partial charge in [-0.15, -0.1) is 0 Å². The first-order valence-corrected chi connectivity index (χ1v) is 9.05. The summed E-state index contributed by atoms with van der Waals surface area (Å²) in [5, 5.41) is 19.2. The molecule has 0 amide bonds. The molecule has 3 rings (SSSR count). The number of rotatable bonds is 6. The van der Waals surface area contributed by atoms with Crippen LogP contribution in [0.3, 0.4) is 0 Å². The Hall–Kier alpha value is -3.01. The van der Waals surface area contributed by atoms with Crippen LogP contribution in [0.4, 0.5) is 17.6 Å². The summed E-state index contributed by atoms with van der Waals surface area (Å²) in [5.41, 5.74) is 2.63. The summed E-state index contributed by atoms with van der Waals surface area (Å²) in [4.78, 5) is 24.3. The van der Waals surface area contributed by atoms with Gasteiger partial charge in [-0.1, -0.05) is 12.5 Å². The number of carboxylic acid groups (broad SMARTS) is 2. The second-order valence-corrected chi connectivity index (χ2v) is 6.74. The number of nitrogens with zero attached hydrogens (tertiary/aromatic N) is 1. The van der Waals surface area contributed by atoms with E-state index in [0.29, 0.717) is 18.0 Å². The number of pyridine rings is 1. The summed E-state index contributed by atoms with van der Waals surface area (Å²) >= 11 is 0. The monoisotopic (exact) mass is 428 g/mol. The molecule has 1 aromatic heterocycles. The van der Waals surface area contributed by atoms with Crippen molar-refractivity contribution in [3.8, 4) is 0 Å². The first-order valence-electron chi connectivity index (χ1n) is 9.05. The maximum Gasteiger partial charge on any atom is 0.490 e. The number of alkyl halides is 3. The Kier molecular flexibility index (Phi) is 7.87. The Morgan fingerprint density at radius 1 is 1.10 bits per heavy atom. The van der Waals surface area contributed by atoms with Crippen LogP contribution in [0.1, 0.15) is 52.4 Å². The van der Waals surface area contributed by atoms with E-state index in [-0.39, 0.29) is 12.1 Å². The van der Waals surface area contributed by atoms with Crippen LogP contribution < -0.4 is 5.32 Å². The average Bonchev–Trinajstić information content (AvgIpc) is 2.63. The zero-order valence-electron chi connectivity index (χ0n) is 15.7. The highest BCUT2D eigenvalue weighted by Crippen LogP contribution is 2.34. The van der Waals surface area contributed by atoms with Crippen LogP contribution >= 0.6 is 0 Å². The largest absolute Gasteiger partial charge is 0.490 e. The maximum absolute atomic E-state index is 13.7. The van der Waals surface area contributed by atoms with Crippen LogP contribution in [-0.2, 0) is 17.9 Å². The minimum Gasteiger partial charge on any atom is -0.478 e. The highest BCUT2D eigenvalue weighted by Gasteiger charge is 2.38. The Bertz CT molecular complexity index is 881. The molecule has 0 spiro atoms. The standard InChI is InChI=1S/C18H19FN2O2.C2HF3O2/c19-16-6-5-14(18(22)23)8-15(16)11-20-9-12-4-7-17(21-10-12)13-2-1-3-13;3-2(4,5)1(6)7/h4-8,10,13,20H,1-3,9,11H2,(H,22,23);(H,6,7). The predicted molar refractivity (Wildman–Crippen MR) is 98.4 cm³/mol. The van der Waals surface area contributed by atoms with Crippen LogP contribution in [0, 0.1) is 5.82 Å². The predicted octanol–water partition coefficient (Wildman–Crippen LogP) is 4.11. The summed E-state index contributed by atoms with van der Waals surface area (Å²) < 4.78 is 45.4. The minimum absolute atomic E-state index is 0.0923. The average molecular weight is 428 g/mol. The molecule has 1 aromatic carbocycles. The molecule has 0 bridgehead atoms. The van der Waals surface area contributed by atoms with Gasteiger partial charge >= 0.3 is 18.1 Å². The fraction of sp³-hybridized carbons (Fsp3) is 0.350. The molecule has 1 fully saturated rings. The van der Waals surface area contributed by atoms with Crippen molar-refractivity contribution in [2.24, 2.45) is 0 Å². The van der Waals surface area contributed by atoms with E-state index in [9.17, 15) is 22.4 Å². The lowest BCUT2D eigenvalue weighted by Gasteiger charge is -2.24. The summed E-state index contributed by atoms with van der Waals surface area (Å²) in [5.74, 6) is -3.60. The minimum atomic E-state index is -5.08. The molecular formula is C20H20F4N2O4. The van der Waals surface area contributed by atoms with Gasteiger partial charge in [0.2, 0.25) is 0 Å². The molecule has 0 unspecified atom stereocenters. The number of halogens is 4. The lowest BCUT2D eigenvalue weighted by Crippen LogP contribution is -2.21. The van der Waals surface area contributed by atoms with Gasteiger partial charge in [0.15, 0.2) is 0 Å². The third-order valence-electron chi connectivity index (χ3n) is 4.55. The van der Waals surface area contributed by atoms with Crippen molar-refractivity contribution in [3.05, 3.63) is 64.7 Å². The van der Waals surface area contributed by atoms with E-state index in [1.807, 2.05) is 12.3 Å². The highest BCUT2D eigenvalue weighted by molar-refractivity contribution is 5.87. The molecule has 1 heterocycles. The number of aromatic carboxylic acids is 1. The van der Waals surface area contributed by atoms with E-state index >= 15 is 0 Å². The van der Waals surface area contributed by atoms with Gasteiger partial charge in [-0.2, -0.15) is 13.2 Å². The molecule has 162 valence electrons. The third kappa shape index (κ3) is 6.80. The van der Waals surface area contributed by atoms with Gasteiger partial charge in [-0.3, -0.25) is 4.98 Å². The van der Waals surface area contributed by atoms with Crippen LogP contribution in [0.15, 0.2) is 36.5 Å². The zero-order chi connectivity index (χ0) is 22.3. The Balaban J connectivity index is 0.000000396. The topological polar surface area (TPSA) is 99.5 Å². The number of hydrogen-bond donors (Lipinski definition) is 3. The Morgan fingerprint density at radius 3 is 2.23 bits per heavy atom. The van der Waals surface area contributed by atoms with Gasteiger partial charge in [0.25, 0.3) is 0 Å². The number of benzene rings is 1. The molecule has 3 N–H and O–H groups in total. The molecule has 1 saturated carbocycles. The van der Waals surface area contributed by atoms with Gasteiger partial charge in [-0.25, -0.2) is 14.0 Å². The summed E-state index contributed by atoms with van der Waals surface area (Å²) in [6.07, 6.45) is 0.509. The van der Waals surface area contributed by atoms with Crippen molar-refractivity contribution in [2.75, 3.05) is 0 Å². The van der Waals surface area contributed by atoms with E-state index in [1.165, 1.54) is 37.5 Å². The number of aromatic nitrogens is 1. The Morgan fingerprint density at radius 2 is 1.77 bits per heavy atom.